The van der Waals surface area contributed by atoms with Crippen LogP contribution in [0.3, 0.4) is 0 Å². The SMILES string of the molecule is C[C@]1(C(=O)N2CCOCC2)CNCCO1. The van der Waals surface area contributed by atoms with Gasteiger partial charge in [0.25, 0.3) is 5.91 Å². The lowest BCUT2D eigenvalue weighted by atomic mass is 10.0. The number of hydrogen-bond donors (Lipinski definition) is 1. The number of nitrogens with one attached hydrogen (secondary N) is 1. The van der Waals surface area contributed by atoms with Gasteiger partial charge in [0.2, 0.25) is 0 Å². The normalized spacial score (nSPS) is 32.7. The highest BCUT2D eigenvalue weighted by Gasteiger charge is 2.39. The standard InChI is InChI=1S/C10H18N2O3/c1-10(8-11-2-5-15-10)9(13)12-3-6-14-7-4-12/h11H,2-8H2,1H3/t10-/m1/s1. The van der Waals surface area contributed by atoms with Crippen molar-refractivity contribution in [2.24, 2.45) is 0 Å². The van der Waals surface area contributed by atoms with Crippen molar-refractivity contribution < 1.29 is 14.3 Å². The molecule has 0 radical (unpaired) electrons. The second-order valence-electron chi connectivity index (χ2n) is 4.16. The first-order valence-electron chi connectivity index (χ1n) is 5.44. The van der Waals surface area contributed by atoms with Crippen molar-refractivity contribution in [3.8, 4) is 0 Å². The van der Waals surface area contributed by atoms with E-state index in [2.05, 4.69) is 5.32 Å². The average Bonchev–Trinajstić information content (AvgIpc) is 2.30. The first kappa shape index (κ1) is 10.9. The van der Waals surface area contributed by atoms with Crippen LogP contribution in [0.4, 0.5) is 0 Å². The average molecular weight is 214 g/mol. The summed E-state index contributed by atoms with van der Waals surface area (Å²) in [6.07, 6.45) is 0. The fraction of sp³-hybridized carbons (Fsp3) is 0.900. The number of carbonyl (C=O) groups is 1. The minimum absolute atomic E-state index is 0.0815. The van der Waals surface area contributed by atoms with Crippen molar-refractivity contribution in [1.29, 1.82) is 0 Å². The number of rotatable bonds is 1. The van der Waals surface area contributed by atoms with Crippen LogP contribution < -0.4 is 5.32 Å². The van der Waals surface area contributed by atoms with Gasteiger partial charge < -0.3 is 19.7 Å². The summed E-state index contributed by atoms with van der Waals surface area (Å²) in [5, 5.41) is 3.19. The minimum Gasteiger partial charge on any atom is -0.378 e. The predicted molar refractivity (Wildman–Crippen MR) is 54.6 cm³/mol. The molecule has 5 nitrogen and oxygen atoms in total. The summed E-state index contributed by atoms with van der Waals surface area (Å²) in [5.74, 6) is 0.0815. The first-order valence-corrected chi connectivity index (χ1v) is 5.44. The molecule has 2 fully saturated rings. The second kappa shape index (κ2) is 4.47. The smallest absolute Gasteiger partial charge is 0.256 e. The van der Waals surface area contributed by atoms with E-state index in [1.165, 1.54) is 0 Å². The van der Waals surface area contributed by atoms with E-state index in [9.17, 15) is 4.79 Å². The minimum atomic E-state index is -0.685. The molecule has 2 heterocycles. The molecule has 0 saturated carbocycles. The third-order valence-electron chi connectivity index (χ3n) is 2.91. The Morgan fingerprint density at radius 3 is 2.67 bits per heavy atom. The largest absolute Gasteiger partial charge is 0.378 e. The Kier molecular flexibility index (Phi) is 3.23. The fourth-order valence-electron chi connectivity index (χ4n) is 1.96. The van der Waals surface area contributed by atoms with E-state index in [1.807, 2.05) is 11.8 Å². The van der Waals surface area contributed by atoms with Gasteiger partial charge in [-0.2, -0.15) is 0 Å². The van der Waals surface area contributed by atoms with Gasteiger partial charge in [0.15, 0.2) is 5.60 Å². The molecular formula is C10H18N2O3. The molecule has 2 rings (SSSR count). The molecule has 15 heavy (non-hydrogen) atoms. The monoisotopic (exact) mass is 214 g/mol. The maximum absolute atomic E-state index is 12.2. The van der Waals surface area contributed by atoms with Crippen molar-refractivity contribution in [3.63, 3.8) is 0 Å². The lowest BCUT2D eigenvalue weighted by Crippen LogP contribution is -2.59. The molecule has 2 aliphatic heterocycles. The van der Waals surface area contributed by atoms with Gasteiger partial charge in [0.1, 0.15) is 0 Å². The van der Waals surface area contributed by atoms with Crippen molar-refractivity contribution in [3.05, 3.63) is 0 Å². The quantitative estimate of drug-likeness (QED) is 0.622. The number of carbonyl (C=O) groups excluding carboxylic acids is 1. The predicted octanol–water partition coefficient (Wildman–Crippen LogP) is -0.776. The van der Waals surface area contributed by atoms with E-state index in [0.29, 0.717) is 39.5 Å². The highest BCUT2D eigenvalue weighted by molar-refractivity contribution is 5.85. The molecule has 5 heteroatoms. The summed E-state index contributed by atoms with van der Waals surface area (Å²) in [5.41, 5.74) is -0.685. The summed E-state index contributed by atoms with van der Waals surface area (Å²) in [6, 6.07) is 0. The molecule has 0 bridgehead atoms. The van der Waals surface area contributed by atoms with Crippen LogP contribution >= 0.6 is 0 Å². The Morgan fingerprint density at radius 2 is 2.07 bits per heavy atom. The lowest BCUT2D eigenvalue weighted by molar-refractivity contribution is -0.163. The van der Waals surface area contributed by atoms with Crippen LogP contribution in [0.5, 0.6) is 0 Å². The second-order valence-corrected chi connectivity index (χ2v) is 4.16. The molecule has 0 unspecified atom stereocenters. The summed E-state index contributed by atoms with van der Waals surface area (Å²) in [6.45, 7) is 6.51. The summed E-state index contributed by atoms with van der Waals surface area (Å²) >= 11 is 0. The molecule has 0 spiro atoms. The number of ether oxygens (including phenoxy) is 2. The van der Waals surface area contributed by atoms with Crippen LogP contribution in [0.25, 0.3) is 0 Å². The molecule has 0 aromatic heterocycles. The summed E-state index contributed by atoms with van der Waals surface area (Å²) < 4.78 is 10.8. The van der Waals surface area contributed by atoms with Gasteiger partial charge in [-0.25, -0.2) is 0 Å². The Morgan fingerprint density at radius 1 is 1.33 bits per heavy atom. The first-order chi connectivity index (χ1) is 7.22. The molecule has 2 aliphatic rings. The third-order valence-corrected chi connectivity index (χ3v) is 2.91. The van der Waals surface area contributed by atoms with Gasteiger partial charge in [-0.1, -0.05) is 0 Å². The van der Waals surface area contributed by atoms with Gasteiger partial charge in [-0.3, -0.25) is 4.79 Å². The van der Waals surface area contributed by atoms with Crippen molar-refractivity contribution in [2.45, 2.75) is 12.5 Å². The fourth-order valence-corrected chi connectivity index (χ4v) is 1.96. The van der Waals surface area contributed by atoms with Gasteiger partial charge in [-0.15, -0.1) is 0 Å². The highest BCUT2D eigenvalue weighted by Crippen LogP contribution is 2.17. The zero-order chi connectivity index (χ0) is 10.7. The molecule has 1 amide bonds. The van der Waals surface area contributed by atoms with Crippen molar-refractivity contribution in [1.82, 2.24) is 10.2 Å². The molecule has 0 aromatic rings. The van der Waals surface area contributed by atoms with Gasteiger partial charge >= 0.3 is 0 Å². The Labute approximate surface area is 89.7 Å². The summed E-state index contributed by atoms with van der Waals surface area (Å²) in [4.78, 5) is 14.0. The van der Waals surface area contributed by atoms with Crippen LogP contribution in [0.15, 0.2) is 0 Å². The van der Waals surface area contributed by atoms with Crippen molar-refractivity contribution >= 4 is 5.91 Å². The Bertz CT molecular complexity index is 233. The molecule has 1 N–H and O–H groups in total. The van der Waals surface area contributed by atoms with E-state index in [0.717, 1.165) is 6.54 Å². The molecular weight excluding hydrogens is 196 g/mol. The highest BCUT2D eigenvalue weighted by atomic mass is 16.5. The number of amides is 1. The molecule has 86 valence electrons. The zero-order valence-electron chi connectivity index (χ0n) is 9.12. The molecule has 1 atom stereocenters. The number of morpholine rings is 2. The topological polar surface area (TPSA) is 50.8 Å². The van der Waals surface area contributed by atoms with Crippen LogP contribution in [-0.2, 0) is 14.3 Å². The van der Waals surface area contributed by atoms with E-state index >= 15 is 0 Å². The van der Waals surface area contributed by atoms with E-state index in [4.69, 9.17) is 9.47 Å². The van der Waals surface area contributed by atoms with Crippen LogP contribution in [0.1, 0.15) is 6.92 Å². The molecule has 0 aliphatic carbocycles. The zero-order valence-corrected chi connectivity index (χ0v) is 9.12. The van der Waals surface area contributed by atoms with E-state index < -0.39 is 5.60 Å². The number of nitrogens with zero attached hydrogens (tertiary/aromatic N) is 1. The maximum atomic E-state index is 12.2. The van der Waals surface area contributed by atoms with E-state index in [-0.39, 0.29) is 5.91 Å². The molecule has 0 aromatic carbocycles. The maximum Gasteiger partial charge on any atom is 0.256 e. The van der Waals surface area contributed by atoms with Crippen LogP contribution in [0.2, 0.25) is 0 Å². The van der Waals surface area contributed by atoms with Gasteiger partial charge in [-0.05, 0) is 6.92 Å². The van der Waals surface area contributed by atoms with E-state index in [1.54, 1.807) is 0 Å². The van der Waals surface area contributed by atoms with Crippen LogP contribution in [-0.4, -0.2) is 62.4 Å². The van der Waals surface area contributed by atoms with Gasteiger partial charge in [0, 0.05) is 26.2 Å². The van der Waals surface area contributed by atoms with Crippen molar-refractivity contribution in [2.75, 3.05) is 46.0 Å². The summed E-state index contributed by atoms with van der Waals surface area (Å²) in [7, 11) is 0. The van der Waals surface area contributed by atoms with Crippen LogP contribution in [0, 0.1) is 0 Å². The Hall–Kier alpha value is -0.650. The third kappa shape index (κ3) is 2.30. The molecule has 2 saturated heterocycles. The number of hydrogen-bond acceptors (Lipinski definition) is 4. The van der Waals surface area contributed by atoms with Gasteiger partial charge in [0.05, 0.1) is 19.8 Å². The lowest BCUT2D eigenvalue weighted by Gasteiger charge is -2.38. The Balaban J connectivity index is 1.98.